The fourth-order valence-corrected chi connectivity index (χ4v) is 2.55. The van der Waals surface area contributed by atoms with Crippen molar-refractivity contribution in [1.29, 1.82) is 0 Å². The minimum atomic E-state index is 0. The molecule has 0 aromatic heterocycles. The number of hydrogen-bond donors (Lipinski definition) is 2. The summed E-state index contributed by atoms with van der Waals surface area (Å²) in [5.74, 6) is 2.65. The average Bonchev–Trinajstić information content (AvgIpc) is 3.42. The van der Waals surface area contributed by atoms with Gasteiger partial charge in [0.15, 0.2) is 5.96 Å². The summed E-state index contributed by atoms with van der Waals surface area (Å²) in [6.45, 7) is 11.0. The minimum Gasteiger partial charge on any atom is -0.494 e. The minimum absolute atomic E-state index is 0. The zero-order chi connectivity index (χ0) is 17.9. The van der Waals surface area contributed by atoms with E-state index in [4.69, 9.17) is 9.47 Å². The molecular formula is C20H34IN3O2. The Bertz CT molecular complexity index is 548. The van der Waals surface area contributed by atoms with Gasteiger partial charge in [0.2, 0.25) is 0 Å². The Morgan fingerprint density at radius 2 is 2.04 bits per heavy atom. The van der Waals surface area contributed by atoms with E-state index in [9.17, 15) is 0 Å². The summed E-state index contributed by atoms with van der Waals surface area (Å²) in [6.07, 6.45) is 3.69. The Kier molecular flexibility index (Phi) is 11.7. The van der Waals surface area contributed by atoms with E-state index in [1.807, 2.05) is 13.0 Å². The first-order chi connectivity index (χ1) is 12.2. The highest BCUT2D eigenvalue weighted by Gasteiger charge is 2.20. The quantitative estimate of drug-likeness (QED) is 0.221. The molecule has 0 saturated heterocycles. The van der Waals surface area contributed by atoms with E-state index in [0.717, 1.165) is 55.9 Å². The Balaban J connectivity index is 0.00000338. The second kappa shape index (κ2) is 13.2. The highest BCUT2D eigenvalue weighted by Crippen LogP contribution is 2.28. The van der Waals surface area contributed by atoms with Crippen LogP contribution in [0.15, 0.2) is 23.2 Å². The maximum Gasteiger partial charge on any atom is 0.191 e. The zero-order valence-corrected chi connectivity index (χ0v) is 18.7. The summed E-state index contributed by atoms with van der Waals surface area (Å²) in [5, 5.41) is 6.67. The van der Waals surface area contributed by atoms with Gasteiger partial charge in [0.25, 0.3) is 0 Å². The van der Waals surface area contributed by atoms with Crippen LogP contribution in [0.25, 0.3) is 0 Å². The predicted molar refractivity (Wildman–Crippen MR) is 119 cm³/mol. The van der Waals surface area contributed by atoms with Gasteiger partial charge >= 0.3 is 0 Å². The molecule has 0 atom stereocenters. The maximum atomic E-state index is 5.66. The van der Waals surface area contributed by atoms with Crippen LogP contribution in [0.3, 0.4) is 0 Å². The highest BCUT2D eigenvalue weighted by molar-refractivity contribution is 14.0. The lowest BCUT2D eigenvalue weighted by Gasteiger charge is -2.12. The van der Waals surface area contributed by atoms with Crippen LogP contribution < -0.4 is 15.4 Å². The average molecular weight is 475 g/mol. The lowest BCUT2D eigenvalue weighted by Crippen LogP contribution is -2.38. The smallest absolute Gasteiger partial charge is 0.191 e. The molecule has 1 aromatic rings. The SMILES string of the molecule is CCNC(=NCc1ccc(OCC)c(C)c1)NCCCOCC1CC1.I. The third-order valence-corrected chi connectivity index (χ3v) is 4.11. The highest BCUT2D eigenvalue weighted by atomic mass is 127. The molecule has 0 amide bonds. The Morgan fingerprint density at radius 1 is 1.23 bits per heavy atom. The Labute approximate surface area is 175 Å². The van der Waals surface area contributed by atoms with Gasteiger partial charge in [-0.15, -0.1) is 24.0 Å². The van der Waals surface area contributed by atoms with Crippen LogP contribution in [0.4, 0.5) is 0 Å². The summed E-state index contributed by atoms with van der Waals surface area (Å²) < 4.78 is 11.2. The molecule has 1 aliphatic rings. The van der Waals surface area contributed by atoms with E-state index in [-0.39, 0.29) is 24.0 Å². The van der Waals surface area contributed by atoms with Gasteiger partial charge in [-0.1, -0.05) is 12.1 Å². The van der Waals surface area contributed by atoms with Crippen molar-refractivity contribution in [2.75, 3.05) is 32.9 Å². The molecule has 5 nitrogen and oxygen atoms in total. The van der Waals surface area contributed by atoms with Crippen molar-refractivity contribution >= 4 is 29.9 Å². The fourth-order valence-electron chi connectivity index (χ4n) is 2.55. The van der Waals surface area contributed by atoms with Gasteiger partial charge in [0.1, 0.15) is 5.75 Å². The van der Waals surface area contributed by atoms with Crippen molar-refractivity contribution in [3.63, 3.8) is 0 Å². The summed E-state index contributed by atoms with van der Waals surface area (Å²) in [7, 11) is 0. The molecule has 1 aromatic carbocycles. The lowest BCUT2D eigenvalue weighted by molar-refractivity contribution is 0.123. The molecular weight excluding hydrogens is 441 g/mol. The van der Waals surface area contributed by atoms with E-state index >= 15 is 0 Å². The first kappa shape index (κ1) is 23.0. The number of rotatable bonds is 11. The van der Waals surface area contributed by atoms with Gasteiger partial charge in [-0.2, -0.15) is 0 Å². The van der Waals surface area contributed by atoms with Crippen LogP contribution in [-0.4, -0.2) is 38.9 Å². The molecule has 1 aliphatic carbocycles. The Hall–Kier alpha value is -1.02. The topological polar surface area (TPSA) is 54.9 Å². The number of aliphatic imine (C=N–C) groups is 1. The first-order valence-corrected chi connectivity index (χ1v) is 9.55. The summed E-state index contributed by atoms with van der Waals surface area (Å²) >= 11 is 0. The van der Waals surface area contributed by atoms with Crippen LogP contribution in [0, 0.1) is 12.8 Å². The molecule has 0 spiro atoms. The number of halogens is 1. The summed E-state index contributed by atoms with van der Waals surface area (Å²) in [5.41, 5.74) is 2.34. The van der Waals surface area contributed by atoms with Gasteiger partial charge in [0, 0.05) is 26.3 Å². The lowest BCUT2D eigenvalue weighted by atomic mass is 10.1. The van der Waals surface area contributed by atoms with Crippen LogP contribution in [0.2, 0.25) is 0 Å². The number of hydrogen-bond acceptors (Lipinski definition) is 3. The van der Waals surface area contributed by atoms with Crippen LogP contribution in [-0.2, 0) is 11.3 Å². The van der Waals surface area contributed by atoms with Crippen molar-refractivity contribution in [2.24, 2.45) is 10.9 Å². The molecule has 6 heteroatoms. The van der Waals surface area contributed by atoms with E-state index in [2.05, 4.69) is 41.6 Å². The largest absolute Gasteiger partial charge is 0.494 e. The van der Waals surface area contributed by atoms with Crippen molar-refractivity contribution < 1.29 is 9.47 Å². The molecule has 2 N–H and O–H groups in total. The number of ether oxygens (including phenoxy) is 2. The van der Waals surface area contributed by atoms with E-state index in [0.29, 0.717) is 13.2 Å². The van der Waals surface area contributed by atoms with Gasteiger partial charge < -0.3 is 20.1 Å². The third-order valence-electron chi connectivity index (χ3n) is 4.11. The molecule has 0 bridgehead atoms. The van der Waals surface area contributed by atoms with Crippen LogP contribution >= 0.6 is 24.0 Å². The monoisotopic (exact) mass is 475 g/mol. The molecule has 0 aliphatic heterocycles. The number of nitrogens with one attached hydrogen (secondary N) is 2. The molecule has 0 unspecified atom stereocenters. The molecule has 1 saturated carbocycles. The number of nitrogens with zero attached hydrogens (tertiary/aromatic N) is 1. The van der Waals surface area contributed by atoms with Crippen molar-refractivity contribution in [2.45, 2.75) is 46.6 Å². The van der Waals surface area contributed by atoms with Gasteiger partial charge in [-0.05, 0) is 63.1 Å². The van der Waals surface area contributed by atoms with Crippen molar-refractivity contribution in [1.82, 2.24) is 10.6 Å². The van der Waals surface area contributed by atoms with E-state index < -0.39 is 0 Å². The number of aryl methyl sites for hydroxylation is 1. The molecule has 0 heterocycles. The zero-order valence-electron chi connectivity index (χ0n) is 16.3. The molecule has 2 rings (SSSR count). The summed E-state index contributed by atoms with van der Waals surface area (Å²) in [4.78, 5) is 4.67. The number of guanidine groups is 1. The third kappa shape index (κ3) is 9.07. The van der Waals surface area contributed by atoms with Crippen molar-refractivity contribution in [3.8, 4) is 5.75 Å². The summed E-state index contributed by atoms with van der Waals surface area (Å²) in [6, 6.07) is 6.25. The van der Waals surface area contributed by atoms with Crippen LogP contribution in [0.5, 0.6) is 5.75 Å². The maximum absolute atomic E-state index is 5.66. The Morgan fingerprint density at radius 3 is 2.69 bits per heavy atom. The van der Waals surface area contributed by atoms with Gasteiger partial charge in [-0.25, -0.2) is 4.99 Å². The molecule has 148 valence electrons. The van der Waals surface area contributed by atoms with Gasteiger partial charge in [0.05, 0.1) is 13.2 Å². The van der Waals surface area contributed by atoms with E-state index in [1.165, 1.54) is 18.4 Å². The second-order valence-corrected chi connectivity index (χ2v) is 6.53. The molecule has 1 fully saturated rings. The second-order valence-electron chi connectivity index (χ2n) is 6.53. The predicted octanol–water partition coefficient (Wildman–Crippen LogP) is 3.88. The normalized spacial score (nSPS) is 13.9. The van der Waals surface area contributed by atoms with E-state index in [1.54, 1.807) is 0 Å². The van der Waals surface area contributed by atoms with Crippen molar-refractivity contribution in [3.05, 3.63) is 29.3 Å². The first-order valence-electron chi connectivity index (χ1n) is 9.55. The van der Waals surface area contributed by atoms with Crippen LogP contribution in [0.1, 0.15) is 44.2 Å². The fraction of sp³-hybridized carbons (Fsp3) is 0.650. The standard InChI is InChI=1S/C20H33N3O2.HI/c1-4-21-20(22-11-6-12-24-15-17-7-8-17)23-14-18-9-10-19(25-5-2)16(3)13-18;/h9-10,13,17H,4-8,11-12,14-15H2,1-3H3,(H2,21,22,23);1H. The number of benzene rings is 1. The molecule has 0 radical (unpaired) electrons. The molecule has 26 heavy (non-hydrogen) atoms. The van der Waals surface area contributed by atoms with Gasteiger partial charge in [-0.3, -0.25) is 0 Å².